The van der Waals surface area contributed by atoms with Gasteiger partial charge in [-0.3, -0.25) is 14.3 Å². The number of benzene rings is 1. The Kier molecular flexibility index (Phi) is 6.58. The summed E-state index contributed by atoms with van der Waals surface area (Å²) in [5.74, 6) is 0.170. The molecule has 0 aliphatic rings. The molecule has 0 aliphatic heterocycles. The Balaban J connectivity index is 1.77. The topological polar surface area (TPSA) is 106 Å². The van der Waals surface area contributed by atoms with Crippen molar-refractivity contribution in [1.29, 1.82) is 0 Å². The number of pyridine rings is 1. The van der Waals surface area contributed by atoms with Crippen LogP contribution >= 0.6 is 11.3 Å². The van der Waals surface area contributed by atoms with Crippen LogP contribution in [0.4, 0.5) is 5.69 Å². The van der Waals surface area contributed by atoms with E-state index in [-0.39, 0.29) is 23.0 Å². The fourth-order valence-corrected chi connectivity index (χ4v) is 4.40. The molecule has 2 heterocycles. The molecule has 0 fully saturated rings. The quantitative estimate of drug-likeness (QED) is 0.551. The van der Waals surface area contributed by atoms with Gasteiger partial charge in [0, 0.05) is 10.6 Å². The molecule has 0 saturated heterocycles. The molecule has 1 amide bonds. The fourth-order valence-electron chi connectivity index (χ4n) is 2.70. The number of nitrogens with zero attached hydrogens (tertiary/aromatic N) is 1. The number of rotatable bonds is 8. The molecule has 10 heteroatoms. The number of amides is 1. The predicted molar refractivity (Wildman–Crippen MR) is 115 cm³/mol. The van der Waals surface area contributed by atoms with Gasteiger partial charge in [-0.05, 0) is 54.8 Å². The maximum atomic E-state index is 12.8. The molecule has 0 unspecified atom stereocenters. The van der Waals surface area contributed by atoms with Crippen molar-refractivity contribution in [3.63, 3.8) is 0 Å². The molecule has 0 aliphatic carbocycles. The third kappa shape index (κ3) is 5.08. The SMILES string of the molecule is COc1ccc(S(=O)(=O)Nc2ccc(C)n(CC(=O)NCc3cccs3)c2=O)cc1. The standard InChI is InChI=1S/C20H21N3O5S2/c1-14-5-10-18(22-30(26,27)17-8-6-15(28-2)7-9-17)20(25)23(14)13-19(24)21-12-16-4-3-11-29-16/h3-11,22H,12-13H2,1-2H3,(H,21,24). The molecule has 3 aromatic rings. The Morgan fingerprint density at radius 3 is 2.50 bits per heavy atom. The number of methoxy groups -OCH3 is 1. The zero-order chi connectivity index (χ0) is 21.7. The molecule has 2 aromatic heterocycles. The van der Waals surface area contributed by atoms with E-state index in [4.69, 9.17) is 4.74 Å². The number of anilines is 1. The zero-order valence-corrected chi connectivity index (χ0v) is 18.0. The number of hydrogen-bond acceptors (Lipinski definition) is 6. The number of aryl methyl sites for hydroxylation is 1. The Morgan fingerprint density at radius 1 is 1.13 bits per heavy atom. The van der Waals surface area contributed by atoms with Crippen LogP contribution in [0.2, 0.25) is 0 Å². The van der Waals surface area contributed by atoms with E-state index in [1.54, 1.807) is 13.0 Å². The summed E-state index contributed by atoms with van der Waals surface area (Å²) in [5, 5.41) is 4.66. The van der Waals surface area contributed by atoms with Crippen molar-refractivity contribution in [2.75, 3.05) is 11.8 Å². The van der Waals surface area contributed by atoms with Gasteiger partial charge in [-0.25, -0.2) is 8.42 Å². The van der Waals surface area contributed by atoms with E-state index in [0.29, 0.717) is 18.0 Å². The summed E-state index contributed by atoms with van der Waals surface area (Å²) in [6, 6.07) is 12.5. The summed E-state index contributed by atoms with van der Waals surface area (Å²) in [5.41, 5.74) is -0.195. The summed E-state index contributed by atoms with van der Waals surface area (Å²) in [4.78, 5) is 26.1. The molecular weight excluding hydrogens is 426 g/mol. The van der Waals surface area contributed by atoms with E-state index >= 15 is 0 Å². The van der Waals surface area contributed by atoms with Gasteiger partial charge in [-0.15, -0.1) is 11.3 Å². The van der Waals surface area contributed by atoms with Crippen molar-refractivity contribution in [2.45, 2.75) is 24.9 Å². The molecule has 158 valence electrons. The number of sulfonamides is 1. The van der Waals surface area contributed by atoms with Crippen LogP contribution in [0.5, 0.6) is 5.75 Å². The van der Waals surface area contributed by atoms with Crippen LogP contribution in [-0.2, 0) is 27.9 Å². The summed E-state index contributed by atoms with van der Waals surface area (Å²) in [7, 11) is -2.50. The molecule has 0 spiro atoms. The summed E-state index contributed by atoms with van der Waals surface area (Å²) >= 11 is 1.52. The minimum atomic E-state index is -3.98. The number of ether oxygens (including phenoxy) is 1. The van der Waals surface area contributed by atoms with Crippen molar-refractivity contribution in [3.8, 4) is 5.75 Å². The highest BCUT2D eigenvalue weighted by atomic mass is 32.2. The lowest BCUT2D eigenvalue weighted by atomic mass is 10.3. The first-order valence-electron chi connectivity index (χ1n) is 8.96. The monoisotopic (exact) mass is 447 g/mol. The smallest absolute Gasteiger partial charge is 0.275 e. The molecule has 0 atom stereocenters. The third-order valence-electron chi connectivity index (χ3n) is 4.35. The van der Waals surface area contributed by atoms with Crippen molar-refractivity contribution in [3.05, 3.63) is 74.8 Å². The van der Waals surface area contributed by atoms with Gasteiger partial charge in [0.25, 0.3) is 15.6 Å². The van der Waals surface area contributed by atoms with E-state index in [0.717, 1.165) is 4.88 Å². The summed E-state index contributed by atoms with van der Waals surface area (Å²) in [6.07, 6.45) is 0. The van der Waals surface area contributed by atoms with Crippen molar-refractivity contribution >= 4 is 33.0 Å². The van der Waals surface area contributed by atoms with Gasteiger partial charge in [0.2, 0.25) is 5.91 Å². The average Bonchev–Trinajstić information content (AvgIpc) is 3.25. The van der Waals surface area contributed by atoms with Gasteiger partial charge in [-0.2, -0.15) is 0 Å². The lowest BCUT2D eigenvalue weighted by Gasteiger charge is -2.13. The highest BCUT2D eigenvalue weighted by molar-refractivity contribution is 7.92. The van der Waals surface area contributed by atoms with E-state index < -0.39 is 15.6 Å². The van der Waals surface area contributed by atoms with Crippen LogP contribution in [-0.4, -0.2) is 26.0 Å². The highest BCUT2D eigenvalue weighted by Gasteiger charge is 2.18. The van der Waals surface area contributed by atoms with Crippen LogP contribution in [0.25, 0.3) is 0 Å². The van der Waals surface area contributed by atoms with Gasteiger partial charge < -0.3 is 14.6 Å². The average molecular weight is 448 g/mol. The second-order valence-electron chi connectivity index (χ2n) is 6.42. The normalized spacial score (nSPS) is 11.1. The van der Waals surface area contributed by atoms with Crippen molar-refractivity contribution in [1.82, 2.24) is 9.88 Å². The highest BCUT2D eigenvalue weighted by Crippen LogP contribution is 2.18. The van der Waals surface area contributed by atoms with Gasteiger partial charge in [0.05, 0.1) is 18.6 Å². The zero-order valence-electron chi connectivity index (χ0n) is 16.4. The molecule has 30 heavy (non-hydrogen) atoms. The van der Waals surface area contributed by atoms with Crippen LogP contribution in [0.1, 0.15) is 10.6 Å². The van der Waals surface area contributed by atoms with E-state index in [1.807, 2.05) is 17.5 Å². The van der Waals surface area contributed by atoms with E-state index in [9.17, 15) is 18.0 Å². The third-order valence-corrected chi connectivity index (χ3v) is 6.61. The second kappa shape index (κ2) is 9.14. The lowest BCUT2D eigenvalue weighted by molar-refractivity contribution is -0.121. The Labute approximate surface area is 178 Å². The largest absolute Gasteiger partial charge is 0.497 e. The Bertz CT molecular complexity index is 1180. The lowest BCUT2D eigenvalue weighted by Crippen LogP contribution is -2.34. The number of aromatic nitrogens is 1. The van der Waals surface area contributed by atoms with Gasteiger partial charge >= 0.3 is 0 Å². The number of carbonyl (C=O) groups excluding carboxylic acids is 1. The molecule has 2 N–H and O–H groups in total. The Morgan fingerprint density at radius 2 is 1.87 bits per heavy atom. The van der Waals surface area contributed by atoms with Crippen molar-refractivity contribution in [2.24, 2.45) is 0 Å². The minimum Gasteiger partial charge on any atom is -0.497 e. The first kappa shape index (κ1) is 21.6. The molecule has 1 aromatic carbocycles. The van der Waals surface area contributed by atoms with Gasteiger partial charge in [0.15, 0.2) is 0 Å². The molecule has 0 bridgehead atoms. The maximum Gasteiger partial charge on any atom is 0.275 e. The van der Waals surface area contributed by atoms with Crippen molar-refractivity contribution < 1.29 is 17.9 Å². The van der Waals surface area contributed by atoms with Gasteiger partial charge in [-0.1, -0.05) is 6.07 Å². The van der Waals surface area contributed by atoms with Crippen LogP contribution < -0.4 is 20.3 Å². The minimum absolute atomic E-state index is 0.0106. The van der Waals surface area contributed by atoms with Crippen LogP contribution in [0.3, 0.4) is 0 Å². The summed E-state index contributed by atoms with van der Waals surface area (Å²) in [6.45, 7) is 1.83. The summed E-state index contributed by atoms with van der Waals surface area (Å²) < 4.78 is 33.8. The first-order chi connectivity index (χ1) is 14.3. The second-order valence-corrected chi connectivity index (χ2v) is 9.13. The van der Waals surface area contributed by atoms with Crippen LogP contribution in [0, 0.1) is 6.92 Å². The number of hydrogen-bond donors (Lipinski definition) is 2. The van der Waals surface area contributed by atoms with E-state index in [1.165, 1.54) is 53.3 Å². The molecule has 3 rings (SSSR count). The van der Waals surface area contributed by atoms with Crippen LogP contribution in [0.15, 0.2) is 63.6 Å². The number of nitrogens with one attached hydrogen (secondary N) is 2. The molecular formula is C20H21N3O5S2. The first-order valence-corrected chi connectivity index (χ1v) is 11.3. The molecule has 8 nitrogen and oxygen atoms in total. The predicted octanol–water partition coefficient (Wildman–Crippen LogP) is 2.34. The number of thiophene rings is 1. The molecule has 0 saturated carbocycles. The maximum absolute atomic E-state index is 12.8. The Hall–Kier alpha value is -3.11. The van der Waals surface area contributed by atoms with E-state index in [2.05, 4.69) is 10.0 Å². The molecule has 0 radical (unpaired) electrons. The fraction of sp³-hybridized carbons (Fsp3) is 0.200. The van der Waals surface area contributed by atoms with Gasteiger partial charge in [0.1, 0.15) is 18.0 Å². The number of carbonyl (C=O) groups is 1.